The summed E-state index contributed by atoms with van der Waals surface area (Å²) in [5.41, 5.74) is -0.255. The molecular formula is C14H14BrN3O6. The van der Waals surface area contributed by atoms with Gasteiger partial charge in [-0.05, 0) is 28.1 Å². The highest BCUT2D eigenvalue weighted by atomic mass is 79.9. The SMILES string of the molecule is COC(=O)C1=C(Nc2cccc(Br)c2[N+](=O)[O-])C(=O)N(CCO)C1. The zero-order valence-corrected chi connectivity index (χ0v) is 14.2. The van der Waals surface area contributed by atoms with E-state index < -0.39 is 16.8 Å². The van der Waals surface area contributed by atoms with Crippen LogP contribution in [0.15, 0.2) is 33.9 Å². The van der Waals surface area contributed by atoms with Crippen LogP contribution in [0.1, 0.15) is 0 Å². The average molecular weight is 400 g/mol. The van der Waals surface area contributed by atoms with Gasteiger partial charge in [0.05, 0.1) is 35.2 Å². The molecule has 9 nitrogen and oxygen atoms in total. The molecule has 1 heterocycles. The second kappa shape index (κ2) is 7.41. The van der Waals surface area contributed by atoms with Crippen LogP contribution in [-0.2, 0) is 14.3 Å². The van der Waals surface area contributed by atoms with Crippen LogP contribution in [-0.4, -0.2) is 53.6 Å². The van der Waals surface area contributed by atoms with E-state index in [-0.39, 0.29) is 46.8 Å². The number of halogens is 1. The van der Waals surface area contributed by atoms with Gasteiger partial charge in [0.1, 0.15) is 11.4 Å². The Bertz CT molecular complexity index is 733. The first-order valence-corrected chi connectivity index (χ1v) is 7.61. The Balaban J connectivity index is 2.45. The van der Waals surface area contributed by atoms with Gasteiger partial charge in [0.15, 0.2) is 0 Å². The third-order valence-corrected chi connectivity index (χ3v) is 4.02. The van der Waals surface area contributed by atoms with Crippen LogP contribution in [0, 0.1) is 10.1 Å². The number of aliphatic hydroxyl groups excluding tert-OH is 1. The lowest BCUT2D eigenvalue weighted by molar-refractivity contribution is -0.384. The van der Waals surface area contributed by atoms with Gasteiger partial charge in [0.25, 0.3) is 5.91 Å². The van der Waals surface area contributed by atoms with E-state index in [9.17, 15) is 19.7 Å². The number of nitrogens with zero attached hydrogens (tertiary/aromatic N) is 2. The molecule has 1 aliphatic rings. The summed E-state index contributed by atoms with van der Waals surface area (Å²) in [5, 5.41) is 22.9. The smallest absolute Gasteiger partial charge is 0.337 e. The Morgan fingerprint density at radius 1 is 1.54 bits per heavy atom. The summed E-state index contributed by atoms with van der Waals surface area (Å²) in [5.74, 6) is -1.26. The maximum Gasteiger partial charge on any atom is 0.337 e. The molecule has 0 aliphatic carbocycles. The van der Waals surface area contributed by atoms with Gasteiger partial charge < -0.3 is 20.1 Å². The number of nitro groups is 1. The van der Waals surface area contributed by atoms with Crippen LogP contribution >= 0.6 is 15.9 Å². The number of nitro benzene ring substituents is 1. The number of esters is 1. The molecule has 0 atom stereocenters. The van der Waals surface area contributed by atoms with E-state index >= 15 is 0 Å². The van der Waals surface area contributed by atoms with Crippen molar-refractivity contribution in [2.45, 2.75) is 0 Å². The third-order valence-electron chi connectivity index (χ3n) is 3.38. The first kappa shape index (κ1) is 17.9. The van der Waals surface area contributed by atoms with Crippen molar-refractivity contribution in [2.75, 3.05) is 32.1 Å². The molecule has 0 spiro atoms. The first-order valence-electron chi connectivity index (χ1n) is 6.82. The Hall–Kier alpha value is -2.46. The Morgan fingerprint density at radius 2 is 2.25 bits per heavy atom. The van der Waals surface area contributed by atoms with E-state index in [0.29, 0.717) is 0 Å². The molecule has 0 aromatic heterocycles. The van der Waals surface area contributed by atoms with Gasteiger partial charge >= 0.3 is 11.7 Å². The van der Waals surface area contributed by atoms with Gasteiger partial charge in [0, 0.05) is 6.54 Å². The van der Waals surface area contributed by atoms with Crippen LogP contribution in [0.2, 0.25) is 0 Å². The topological polar surface area (TPSA) is 122 Å². The molecule has 0 radical (unpaired) electrons. The van der Waals surface area contributed by atoms with Crippen LogP contribution in [0.3, 0.4) is 0 Å². The van der Waals surface area contributed by atoms with Crippen molar-refractivity contribution >= 4 is 39.2 Å². The van der Waals surface area contributed by atoms with E-state index in [1.807, 2.05) is 0 Å². The quantitative estimate of drug-likeness (QED) is 0.416. The van der Waals surface area contributed by atoms with E-state index in [1.165, 1.54) is 24.1 Å². The third kappa shape index (κ3) is 3.39. The Kier molecular flexibility index (Phi) is 5.52. The highest BCUT2D eigenvalue weighted by Crippen LogP contribution is 2.34. The fourth-order valence-corrected chi connectivity index (χ4v) is 2.80. The molecule has 1 amide bonds. The maximum atomic E-state index is 12.4. The molecule has 24 heavy (non-hydrogen) atoms. The lowest BCUT2D eigenvalue weighted by Gasteiger charge is -2.15. The lowest BCUT2D eigenvalue weighted by atomic mass is 10.2. The van der Waals surface area contributed by atoms with Crippen LogP contribution in [0.25, 0.3) is 0 Å². The first-order chi connectivity index (χ1) is 11.4. The van der Waals surface area contributed by atoms with Gasteiger partial charge in [0.2, 0.25) is 0 Å². The van der Waals surface area contributed by atoms with Crippen molar-refractivity contribution in [3.8, 4) is 0 Å². The average Bonchev–Trinajstić information content (AvgIpc) is 2.84. The molecule has 0 fully saturated rings. The van der Waals surface area contributed by atoms with E-state index in [0.717, 1.165) is 0 Å². The second-order valence-corrected chi connectivity index (χ2v) is 5.67. The van der Waals surface area contributed by atoms with Crippen molar-refractivity contribution in [3.05, 3.63) is 44.1 Å². The summed E-state index contributed by atoms with van der Waals surface area (Å²) in [7, 11) is 1.17. The molecule has 1 aliphatic heterocycles. The highest BCUT2D eigenvalue weighted by Gasteiger charge is 2.35. The monoisotopic (exact) mass is 399 g/mol. The molecule has 1 aromatic rings. The van der Waals surface area contributed by atoms with Crippen LogP contribution < -0.4 is 5.32 Å². The number of β-amino-alcohol motifs (C(OH)–C–C–N with tert-alkyl or cyclic N) is 1. The summed E-state index contributed by atoms with van der Waals surface area (Å²) in [4.78, 5) is 36.2. The number of aliphatic hydroxyl groups is 1. The Labute approximate surface area is 145 Å². The van der Waals surface area contributed by atoms with Crippen molar-refractivity contribution in [3.63, 3.8) is 0 Å². The van der Waals surface area contributed by atoms with E-state index in [2.05, 4.69) is 26.0 Å². The van der Waals surface area contributed by atoms with Crippen LogP contribution in [0.4, 0.5) is 11.4 Å². The number of hydrogen-bond acceptors (Lipinski definition) is 7. The molecule has 0 unspecified atom stereocenters. The van der Waals surface area contributed by atoms with E-state index in [4.69, 9.17) is 5.11 Å². The largest absolute Gasteiger partial charge is 0.466 e. The van der Waals surface area contributed by atoms with E-state index in [1.54, 1.807) is 6.07 Å². The molecule has 0 bridgehead atoms. The number of rotatable bonds is 6. The van der Waals surface area contributed by atoms with Gasteiger partial charge in [-0.3, -0.25) is 14.9 Å². The number of ether oxygens (including phenoxy) is 1. The zero-order valence-electron chi connectivity index (χ0n) is 12.6. The normalized spacial score (nSPS) is 14.1. The fourth-order valence-electron chi connectivity index (χ4n) is 2.29. The molecule has 0 saturated heterocycles. The minimum atomic E-state index is -0.719. The number of nitrogens with one attached hydrogen (secondary N) is 1. The van der Waals surface area contributed by atoms with Gasteiger partial charge in [-0.1, -0.05) is 6.07 Å². The summed E-state index contributed by atoms with van der Waals surface area (Å²) in [6, 6.07) is 4.48. The van der Waals surface area contributed by atoms with Crippen LogP contribution in [0.5, 0.6) is 0 Å². The highest BCUT2D eigenvalue weighted by molar-refractivity contribution is 9.10. The number of amides is 1. The molecule has 2 rings (SSSR count). The predicted molar refractivity (Wildman–Crippen MR) is 87.1 cm³/mol. The Morgan fingerprint density at radius 3 is 2.83 bits per heavy atom. The van der Waals surface area contributed by atoms with Crippen molar-refractivity contribution in [2.24, 2.45) is 0 Å². The predicted octanol–water partition coefficient (Wildman–Crippen LogP) is 1.03. The molecule has 0 saturated carbocycles. The molecule has 1 aromatic carbocycles. The minimum absolute atomic E-state index is 0.0328. The number of carbonyl (C=O) groups is 2. The number of carbonyl (C=O) groups excluding carboxylic acids is 2. The molecular weight excluding hydrogens is 386 g/mol. The maximum absolute atomic E-state index is 12.4. The zero-order chi connectivity index (χ0) is 17.9. The van der Waals surface area contributed by atoms with Crippen molar-refractivity contribution in [1.29, 1.82) is 0 Å². The molecule has 10 heteroatoms. The number of para-hydroxylation sites is 1. The molecule has 128 valence electrons. The number of benzene rings is 1. The lowest BCUT2D eigenvalue weighted by Crippen LogP contribution is -2.31. The van der Waals surface area contributed by atoms with Gasteiger partial charge in [-0.25, -0.2) is 4.79 Å². The molecule has 2 N–H and O–H groups in total. The summed E-state index contributed by atoms with van der Waals surface area (Å²) in [6.07, 6.45) is 0. The second-order valence-electron chi connectivity index (χ2n) is 4.81. The minimum Gasteiger partial charge on any atom is -0.466 e. The van der Waals surface area contributed by atoms with Crippen molar-refractivity contribution < 1.29 is 24.4 Å². The number of hydrogen-bond donors (Lipinski definition) is 2. The number of methoxy groups -OCH3 is 1. The summed E-state index contributed by atoms with van der Waals surface area (Å²) < 4.78 is 4.89. The summed E-state index contributed by atoms with van der Waals surface area (Å²) in [6.45, 7) is -0.286. The fraction of sp³-hybridized carbons (Fsp3) is 0.286. The van der Waals surface area contributed by atoms with Crippen molar-refractivity contribution in [1.82, 2.24) is 4.90 Å². The van der Waals surface area contributed by atoms with Gasteiger partial charge in [-0.15, -0.1) is 0 Å². The number of anilines is 1. The standard InChI is InChI=1S/C14H14BrN3O6/c1-24-14(21)8-7-17(5-6-19)13(20)11(8)16-10-4-2-3-9(15)12(10)18(22)23/h2-4,16,19H,5-7H2,1H3. The van der Waals surface area contributed by atoms with Gasteiger partial charge in [-0.2, -0.15) is 0 Å². The summed E-state index contributed by atoms with van der Waals surface area (Å²) >= 11 is 3.09.